The van der Waals surface area contributed by atoms with Crippen LogP contribution in [0.2, 0.25) is 0 Å². The molecule has 2 aromatic rings. The Labute approximate surface area is 161 Å². The van der Waals surface area contributed by atoms with Gasteiger partial charge in [-0.15, -0.1) is 0 Å². The van der Waals surface area contributed by atoms with Crippen LogP contribution in [-0.2, 0) is 14.3 Å². The molecule has 1 aliphatic heterocycles. The predicted molar refractivity (Wildman–Crippen MR) is 101 cm³/mol. The van der Waals surface area contributed by atoms with E-state index in [0.717, 1.165) is 0 Å². The lowest BCUT2D eigenvalue weighted by Crippen LogP contribution is -2.34. The fourth-order valence-corrected chi connectivity index (χ4v) is 2.78. The largest absolute Gasteiger partial charge is 0.394 e. The highest BCUT2D eigenvalue weighted by Gasteiger charge is 2.45. The van der Waals surface area contributed by atoms with Crippen LogP contribution in [0.25, 0.3) is 11.2 Å². The third-order valence-electron chi connectivity index (χ3n) is 4.24. The molecule has 0 spiro atoms. The van der Waals surface area contributed by atoms with Gasteiger partial charge in [-0.1, -0.05) is 27.7 Å². The Hall–Kier alpha value is -2.34. The maximum Gasteiger partial charge on any atom is 0.280 e. The predicted octanol–water partition coefficient (Wildman–Crippen LogP) is 0.00590. The van der Waals surface area contributed by atoms with Gasteiger partial charge in [0.1, 0.15) is 18.3 Å². The maximum absolute atomic E-state index is 12.2. The van der Waals surface area contributed by atoms with Gasteiger partial charge >= 0.3 is 0 Å². The zero-order valence-corrected chi connectivity index (χ0v) is 16.5. The first-order chi connectivity index (χ1) is 13.4. The molecule has 0 saturated carbocycles. The third-order valence-corrected chi connectivity index (χ3v) is 4.24. The van der Waals surface area contributed by atoms with Crippen LogP contribution in [0, 0.1) is 5.92 Å². The van der Waals surface area contributed by atoms with Crippen LogP contribution in [0.4, 0.5) is 5.95 Å². The van der Waals surface area contributed by atoms with Crippen molar-refractivity contribution >= 4 is 23.0 Å². The van der Waals surface area contributed by atoms with Gasteiger partial charge in [-0.05, 0) is 0 Å². The van der Waals surface area contributed by atoms with Crippen LogP contribution in [0.5, 0.6) is 0 Å². The summed E-state index contributed by atoms with van der Waals surface area (Å²) in [5, 5.41) is 22.1. The number of fused-ring (bicyclic) bond motifs is 1. The summed E-state index contributed by atoms with van der Waals surface area (Å²) in [5.74, 6) is -0.618. The van der Waals surface area contributed by atoms with Crippen molar-refractivity contribution in [1.82, 2.24) is 19.5 Å². The van der Waals surface area contributed by atoms with E-state index in [-0.39, 0.29) is 28.9 Å². The fraction of sp³-hybridized carbons (Fsp3) is 0.647. The fourth-order valence-electron chi connectivity index (χ4n) is 2.78. The standard InChI is InChI=1S/C15H21N5O6.C2H6/c1-6(2)12(23)18-15-17-11-8(13(24)19-15)16-5-20(11)14-10(25-3)9(22)7(4-21)26-14;1-2/h5-7,9-10,14,21-22H,4H2,1-3H3,(H2,17,18,19,23,24);1-2H3. The minimum absolute atomic E-state index is 0.0193. The molecule has 11 heteroatoms. The molecule has 11 nitrogen and oxygen atoms in total. The number of aromatic nitrogens is 4. The Morgan fingerprint density at radius 2 is 2.14 bits per heavy atom. The molecule has 3 heterocycles. The van der Waals surface area contributed by atoms with Crippen molar-refractivity contribution < 1.29 is 24.5 Å². The van der Waals surface area contributed by atoms with Crippen molar-refractivity contribution in [3.63, 3.8) is 0 Å². The number of imidazole rings is 1. The highest BCUT2D eigenvalue weighted by molar-refractivity contribution is 5.91. The summed E-state index contributed by atoms with van der Waals surface area (Å²) < 4.78 is 12.3. The van der Waals surface area contributed by atoms with Gasteiger partial charge < -0.3 is 19.7 Å². The van der Waals surface area contributed by atoms with Crippen molar-refractivity contribution in [2.75, 3.05) is 19.0 Å². The highest BCUT2D eigenvalue weighted by Crippen LogP contribution is 2.32. The molecule has 4 unspecified atom stereocenters. The second kappa shape index (κ2) is 9.24. The van der Waals surface area contributed by atoms with Crippen molar-refractivity contribution in [1.29, 1.82) is 0 Å². The summed E-state index contributed by atoms with van der Waals surface area (Å²) in [6.07, 6.45) is -2.21. The van der Waals surface area contributed by atoms with E-state index in [2.05, 4.69) is 20.3 Å². The number of hydrogen-bond donors (Lipinski definition) is 4. The van der Waals surface area contributed by atoms with E-state index in [4.69, 9.17) is 9.47 Å². The lowest BCUT2D eigenvalue weighted by molar-refractivity contribution is -0.118. The monoisotopic (exact) mass is 397 g/mol. The lowest BCUT2D eigenvalue weighted by Gasteiger charge is -2.20. The van der Waals surface area contributed by atoms with Crippen molar-refractivity contribution in [3.8, 4) is 0 Å². The summed E-state index contributed by atoms with van der Waals surface area (Å²) in [4.78, 5) is 34.8. The molecular weight excluding hydrogens is 370 g/mol. The number of nitrogens with one attached hydrogen (secondary N) is 2. The van der Waals surface area contributed by atoms with Crippen molar-refractivity contribution in [2.45, 2.75) is 52.2 Å². The number of anilines is 1. The number of methoxy groups -OCH3 is 1. The Kier molecular flexibility index (Phi) is 7.24. The highest BCUT2D eigenvalue weighted by atomic mass is 16.6. The summed E-state index contributed by atoms with van der Waals surface area (Å²) >= 11 is 0. The van der Waals surface area contributed by atoms with E-state index in [1.54, 1.807) is 13.8 Å². The molecule has 3 rings (SSSR count). The molecule has 0 bridgehead atoms. The van der Waals surface area contributed by atoms with Gasteiger partial charge in [0.2, 0.25) is 11.9 Å². The van der Waals surface area contributed by atoms with Crippen LogP contribution in [0.15, 0.2) is 11.1 Å². The average Bonchev–Trinajstić information content (AvgIpc) is 3.23. The topological polar surface area (TPSA) is 152 Å². The first kappa shape index (κ1) is 22.0. The van der Waals surface area contributed by atoms with Crippen LogP contribution in [0.3, 0.4) is 0 Å². The van der Waals surface area contributed by atoms with E-state index in [9.17, 15) is 19.8 Å². The van der Waals surface area contributed by atoms with Crippen LogP contribution >= 0.6 is 0 Å². The third kappa shape index (κ3) is 4.07. The van der Waals surface area contributed by atoms with Crippen molar-refractivity contribution in [3.05, 3.63) is 16.7 Å². The summed E-state index contributed by atoms with van der Waals surface area (Å²) in [6.45, 7) is 7.03. The molecule has 0 aromatic carbocycles. The number of rotatable bonds is 5. The number of carbonyl (C=O) groups excluding carboxylic acids is 1. The van der Waals surface area contributed by atoms with E-state index in [0.29, 0.717) is 0 Å². The van der Waals surface area contributed by atoms with Gasteiger partial charge in [0.05, 0.1) is 12.9 Å². The molecule has 0 radical (unpaired) electrons. The Bertz CT molecular complexity index is 863. The van der Waals surface area contributed by atoms with Gasteiger partial charge in [-0.3, -0.25) is 24.5 Å². The quantitative estimate of drug-likeness (QED) is 0.550. The van der Waals surface area contributed by atoms with Crippen LogP contribution in [-0.4, -0.2) is 67.7 Å². The zero-order valence-electron chi connectivity index (χ0n) is 16.5. The Morgan fingerprint density at radius 1 is 1.46 bits per heavy atom. The second-order valence-electron chi connectivity index (χ2n) is 6.32. The summed E-state index contributed by atoms with van der Waals surface area (Å²) in [6, 6.07) is 0. The minimum Gasteiger partial charge on any atom is -0.394 e. The average molecular weight is 397 g/mol. The Morgan fingerprint density at radius 3 is 2.71 bits per heavy atom. The molecule has 4 N–H and O–H groups in total. The zero-order chi connectivity index (χ0) is 21.0. The van der Waals surface area contributed by atoms with Gasteiger partial charge in [0.15, 0.2) is 17.4 Å². The first-order valence-electron chi connectivity index (χ1n) is 9.12. The normalized spacial score (nSPS) is 24.3. The molecule has 1 aliphatic rings. The number of aromatic amines is 1. The number of ether oxygens (including phenoxy) is 2. The molecule has 28 heavy (non-hydrogen) atoms. The molecule has 1 saturated heterocycles. The van der Waals surface area contributed by atoms with E-state index < -0.39 is 36.7 Å². The molecule has 2 aromatic heterocycles. The first-order valence-corrected chi connectivity index (χ1v) is 9.12. The molecule has 4 atom stereocenters. The molecule has 0 aliphatic carbocycles. The van der Waals surface area contributed by atoms with E-state index in [1.165, 1.54) is 18.0 Å². The maximum atomic E-state index is 12.2. The molecule has 156 valence electrons. The SMILES string of the molecule is CC.COC1C(O)C(CO)OC1n1cnc2c(=O)[nH]c(NC(=O)C(C)C)nc21. The number of hydrogen-bond acceptors (Lipinski definition) is 8. The number of aliphatic hydroxyl groups is 2. The van der Waals surface area contributed by atoms with Crippen molar-refractivity contribution in [2.24, 2.45) is 5.92 Å². The van der Waals surface area contributed by atoms with E-state index in [1.807, 2.05) is 13.8 Å². The van der Waals surface area contributed by atoms with E-state index >= 15 is 0 Å². The number of H-pyrrole nitrogens is 1. The number of aliphatic hydroxyl groups excluding tert-OH is 2. The van der Waals surface area contributed by atoms with Gasteiger partial charge in [-0.25, -0.2) is 4.98 Å². The lowest BCUT2D eigenvalue weighted by atomic mass is 10.1. The Balaban J connectivity index is 0.00000136. The second-order valence-corrected chi connectivity index (χ2v) is 6.32. The summed E-state index contributed by atoms with van der Waals surface area (Å²) in [5.41, 5.74) is -0.322. The summed E-state index contributed by atoms with van der Waals surface area (Å²) in [7, 11) is 1.40. The number of amides is 1. The van der Waals surface area contributed by atoms with Crippen LogP contribution < -0.4 is 10.9 Å². The minimum atomic E-state index is -1.06. The van der Waals surface area contributed by atoms with Gasteiger partial charge in [0, 0.05) is 13.0 Å². The van der Waals surface area contributed by atoms with Gasteiger partial charge in [0.25, 0.3) is 5.56 Å². The number of carbonyl (C=O) groups is 1. The molecular formula is C17H27N5O6. The molecule has 1 fully saturated rings. The molecule has 1 amide bonds. The smallest absolute Gasteiger partial charge is 0.280 e. The number of nitrogens with zero attached hydrogens (tertiary/aromatic N) is 3. The van der Waals surface area contributed by atoms with Gasteiger partial charge in [-0.2, -0.15) is 4.98 Å². The van der Waals surface area contributed by atoms with Crippen LogP contribution in [0.1, 0.15) is 33.9 Å².